The second-order valence-electron chi connectivity index (χ2n) is 6.44. The molecule has 2 N–H and O–H groups in total. The van der Waals surface area contributed by atoms with Gasteiger partial charge in [0, 0.05) is 5.56 Å². The molecule has 0 radical (unpaired) electrons. The molecular weight excluding hydrogens is 431 g/mol. The van der Waals surface area contributed by atoms with Crippen molar-refractivity contribution >= 4 is 45.5 Å². The third-order valence-electron chi connectivity index (χ3n) is 4.21. The molecule has 1 atom stereocenters. The first kappa shape index (κ1) is 25.1. The third-order valence-corrected chi connectivity index (χ3v) is 4.99. The normalized spacial score (nSPS) is 11.8. The van der Waals surface area contributed by atoms with Gasteiger partial charge in [0.25, 0.3) is 10.1 Å². The van der Waals surface area contributed by atoms with Crippen molar-refractivity contribution in [3.63, 3.8) is 0 Å². The van der Waals surface area contributed by atoms with Gasteiger partial charge in [-0.05, 0) is 29.3 Å². The topological polar surface area (TPSA) is 110 Å². The van der Waals surface area contributed by atoms with Crippen molar-refractivity contribution in [3.05, 3.63) is 95.6 Å². The van der Waals surface area contributed by atoms with Crippen LogP contribution < -0.4 is 9.47 Å². The van der Waals surface area contributed by atoms with E-state index in [2.05, 4.69) is 0 Å². The number of benzene rings is 3. The van der Waals surface area contributed by atoms with E-state index in [9.17, 15) is 18.3 Å². The van der Waals surface area contributed by atoms with Gasteiger partial charge >= 0.3 is 29.6 Å². The van der Waals surface area contributed by atoms with Gasteiger partial charge in [-0.25, -0.2) is 0 Å². The van der Waals surface area contributed by atoms with Crippen LogP contribution in [0.4, 0.5) is 0 Å². The van der Waals surface area contributed by atoms with Gasteiger partial charge in [0.2, 0.25) is 11.2 Å². The maximum atomic E-state index is 12.2. The van der Waals surface area contributed by atoms with Crippen molar-refractivity contribution < 1.29 is 32.3 Å². The molecule has 31 heavy (non-hydrogen) atoms. The summed E-state index contributed by atoms with van der Waals surface area (Å²) in [4.78, 5) is 12.2. The molecule has 0 amide bonds. The van der Waals surface area contributed by atoms with Gasteiger partial charge in [0.05, 0.1) is 0 Å². The number of aliphatic hydroxyl groups is 1. The van der Waals surface area contributed by atoms with Crippen LogP contribution >= 0.6 is 0 Å². The molecule has 0 bridgehead atoms. The average Bonchev–Trinajstić information content (AvgIpc) is 2.76. The molecule has 7 nitrogen and oxygen atoms in total. The van der Waals surface area contributed by atoms with Crippen molar-refractivity contribution in [2.75, 3.05) is 0 Å². The first-order chi connectivity index (χ1) is 14.3. The monoisotopic (exact) mass is 452 g/mol. The van der Waals surface area contributed by atoms with Crippen molar-refractivity contribution in [2.24, 2.45) is 0 Å². The SMILES string of the molecule is O=C(c1ccc(OCc2ccccc2)c(OCc2ccccc2)c1)C(O)S(=O)(=O)O.[NaH]. The van der Waals surface area contributed by atoms with E-state index in [1.54, 1.807) is 0 Å². The predicted molar refractivity (Wildman–Crippen MR) is 117 cm³/mol. The fraction of sp³-hybridized carbons (Fsp3) is 0.136. The Morgan fingerprint density at radius 2 is 1.29 bits per heavy atom. The molecule has 0 aliphatic carbocycles. The van der Waals surface area contributed by atoms with Crippen LogP contribution in [0.5, 0.6) is 11.5 Å². The molecule has 0 aromatic heterocycles. The quantitative estimate of drug-likeness (QED) is 0.292. The zero-order valence-corrected chi connectivity index (χ0v) is 16.7. The van der Waals surface area contributed by atoms with Gasteiger partial charge in [-0.3, -0.25) is 9.35 Å². The van der Waals surface area contributed by atoms with Gasteiger partial charge in [0.1, 0.15) is 13.2 Å². The first-order valence-corrected chi connectivity index (χ1v) is 10.5. The summed E-state index contributed by atoms with van der Waals surface area (Å²) >= 11 is 0. The van der Waals surface area contributed by atoms with Crippen molar-refractivity contribution in [1.29, 1.82) is 0 Å². The molecule has 3 rings (SSSR count). The van der Waals surface area contributed by atoms with Crippen LogP contribution in [-0.2, 0) is 23.3 Å². The van der Waals surface area contributed by atoms with Gasteiger partial charge in [-0.2, -0.15) is 8.42 Å². The minimum atomic E-state index is -4.94. The van der Waals surface area contributed by atoms with E-state index in [4.69, 9.17) is 14.0 Å². The molecule has 9 heteroatoms. The number of Topliss-reactive ketones (excluding diaryl/α,β-unsaturated/α-hetero) is 1. The van der Waals surface area contributed by atoms with E-state index in [1.807, 2.05) is 60.7 Å². The summed E-state index contributed by atoms with van der Waals surface area (Å²) in [6, 6.07) is 22.8. The molecule has 158 valence electrons. The van der Waals surface area contributed by atoms with E-state index >= 15 is 0 Å². The molecule has 3 aromatic carbocycles. The summed E-state index contributed by atoms with van der Waals surface area (Å²) in [6.07, 6.45) is 0. The van der Waals surface area contributed by atoms with Gasteiger partial charge in [-0.15, -0.1) is 0 Å². The zero-order chi connectivity index (χ0) is 21.6. The Kier molecular flexibility index (Phi) is 9.24. The number of carbonyl (C=O) groups is 1. The minimum absolute atomic E-state index is 0. The number of ketones is 1. The van der Waals surface area contributed by atoms with Gasteiger partial charge in [-0.1, -0.05) is 60.7 Å². The summed E-state index contributed by atoms with van der Waals surface area (Å²) in [5.74, 6) is -0.632. The predicted octanol–water partition coefficient (Wildman–Crippen LogP) is 2.59. The number of carbonyl (C=O) groups excluding carboxylic acids is 1. The van der Waals surface area contributed by atoms with Crippen LogP contribution in [0.2, 0.25) is 0 Å². The van der Waals surface area contributed by atoms with E-state index in [-0.39, 0.29) is 54.1 Å². The molecule has 0 aliphatic heterocycles. The maximum absolute atomic E-state index is 12.2. The fourth-order valence-electron chi connectivity index (χ4n) is 2.64. The summed E-state index contributed by atoms with van der Waals surface area (Å²) in [5, 5.41) is 9.57. The molecule has 0 fully saturated rings. The van der Waals surface area contributed by atoms with E-state index in [0.29, 0.717) is 5.75 Å². The van der Waals surface area contributed by atoms with Crippen LogP contribution in [0, 0.1) is 0 Å². The van der Waals surface area contributed by atoms with E-state index in [0.717, 1.165) is 11.1 Å². The Morgan fingerprint density at radius 3 is 1.77 bits per heavy atom. The van der Waals surface area contributed by atoms with Gasteiger partial charge < -0.3 is 14.6 Å². The van der Waals surface area contributed by atoms with Crippen LogP contribution in [-0.4, -0.2) is 58.9 Å². The standard InChI is InChI=1S/C22H20O7S.Na.H/c23-21(22(24)30(25,26)27)18-11-12-19(28-14-16-7-3-1-4-8-16)20(13-18)29-15-17-9-5-2-6-10-17;;/h1-13,22,24H,14-15H2,(H,25,26,27);;. The molecule has 3 aromatic rings. The molecule has 0 aliphatic rings. The number of rotatable bonds is 9. The second kappa shape index (κ2) is 11.4. The van der Waals surface area contributed by atoms with Crippen LogP contribution in [0.3, 0.4) is 0 Å². The molecule has 0 saturated carbocycles. The van der Waals surface area contributed by atoms with Crippen LogP contribution in [0.25, 0.3) is 0 Å². The van der Waals surface area contributed by atoms with Crippen molar-refractivity contribution in [2.45, 2.75) is 18.6 Å². The Morgan fingerprint density at radius 1 is 0.806 bits per heavy atom. The summed E-state index contributed by atoms with van der Waals surface area (Å²) in [7, 11) is -4.94. The molecule has 0 heterocycles. The molecule has 1 unspecified atom stereocenters. The fourth-order valence-corrected chi connectivity index (χ4v) is 3.05. The Bertz CT molecular complexity index is 1100. The van der Waals surface area contributed by atoms with Crippen molar-refractivity contribution in [3.8, 4) is 11.5 Å². The average molecular weight is 452 g/mol. The van der Waals surface area contributed by atoms with E-state index < -0.39 is 21.3 Å². The Labute approximate surface area is 202 Å². The van der Waals surface area contributed by atoms with Crippen LogP contribution in [0.15, 0.2) is 78.9 Å². The molecule has 0 spiro atoms. The van der Waals surface area contributed by atoms with Crippen molar-refractivity contribution in [1.82, 2.24) is 0 Å². The van der Waals surface area contributed by atoms with Crippen LogP contribution in [0.1, 0.15) is 21.5 Å². The summed E-state index contributed by atoms with van der Waals surface area (Å²) in [5.41, 5.74) is -0.916. The number of aliphatic hydroxyl groups excluding tert-OH is 1. The number of ether oxygens (including phenoxy) is 2. The Balaban J connectivity index is 0.00000341. The third kappa shape index (κ3) is 7.17. The molecule has 0 saturated heterocycles. The number of hydrogen-bond acceptors (Lipinski definition) is 6. The first-order valence-electron chi connectivity index (χ1n) is 9.00. The van der Waals surface area contributed by atoms with E-state index in [1.165, 1.54) is 18.2 Å². The summed E-state index contributed by atoms with van der Waals surface area (Å²) in [6.45, 7) is 0.435. The van der Waals surface area contributed by atoms with Gasteiger partial charge in [0.15, 0.2) is 11.5 Å². The summed E-state index contributed by atoms with van der Waals surface area (Å²) < 4.78 is 42.7. The molecular formula is C22H21NaO7S. The zero-order valence-electron chi connectivity index (χ0n) is 15.8. The Hall–Kier alpha value is -2.20. The number of hydrogen-bond donors (Lipinski definition) is 2. The second-order valence-corrected chi connectivity index (χ2v) is 7.92.